The third-order valence-electron chi connectivity index (χ3n) is 2.84. The van der Waals surface area contributed by atoms with Crippen molar-refractivity contribution in [3.63, 3.8) is 0 Å². The maximum absolute atomic E-state index is 11.8. The number of carbonyl (C=O) groups is 1. The lowest BCUT2D eigenvalue weighted by Crippen LogP contribution is -2.04. The molecular formula is C15H9BrN2O5. The van der Waals surface area contributed by atoms with E-state index in [1.54, 1.807) is 6.07 Å². The summed E-state index contributed by atoms with van der Waals surface area (Å²) in [7, 11) is 1.22. The van der Waals surface area contributed by atoms with Gasteiger partial charge in [-0.05, 0) is 24.3 Å². The van der Waals surface area contributed by atoms with Gasteiger partial charge in [0, 0.05) is 10.5 Å². The number of methoxy groups -OCH3 is 1. The van der Waals surface area contributed by atoms with Gasteiger partial charge >= 0.3 is 11.7 Å². The number of nitrogens with zero attached hydrogens (tertiary/aromatic N) is 2. The van der Waals surface area contributed by atoms with Crippen molar-refractivity contribution < 1.29 is 19.2 Å². The van der Waals surface area contributed by atoms with Crippen LogP contribution >= 0.6 is 15.9 Å². The van der Waals surface area contributed by atoms with Crippen molar-refractivity contribution >= 4 is 33.3 Å². The molecule has 0 aliphatic heterocycles. The van der Waals surface area contributed by atoms with E-state index in [1.807, 2.05) is 0 Å². The fourth-order valence-corrected chi connectivity index (χ4v) is 2.14. The molecule has 7 nitrogen and oxygen atoms in total. The number of esters is 1. The fourth-order valence-electron chi connectivity index (χ4n) is 1.78. The largest absolute Gasteiger partial charge is 0.465 e. The van der Waals surface area contributed by atoms with Crippen molar-refractivity contribution in [3.8, 4) is 11.5 Å². The molecule has 2 aromatic rings. The minimum Gasteiger partial charge on any atom is -0.465 e. The van der Waals surface area contributed by atoms with E-state index >= 15 is 0 Å². The van der Waals surface area contributed by atoms with Crippen LogP contribution in [0.25, 0.3) is 4.85 Å². The summed E-state index contributed by atoms with van der Waals surface area (Å²) in [4.78, 5) is 25.4. The van der Waals surface area contributed by atoms with Crippen LogP contribution in [-0.4, -0.2) is 18.0 Å². The Morgan fingerprint density at radius 2 is 1.96 bits per heavy atom. The van der Waals surface area contributed by atoms with E-state index in [0.717, 1.165) is 6.07 Å². The Labute approximate surface area is 139 Å². The molecule has 0 aliphatic rings. The van der Waals surface area contributed by atoms with Gasteiger partial charge in [-0.25, -0.2) is 9.64 Å². The molecule has 0 amide bonds. The van der Waals surface area contributed by atoms with Crippen LogP contribution in [0.2, 0.25) is 0 Å². The van der Waals surface area contributed by atoms with Crippen molar-refractivity contribution in [1.29, 1.82) is 0 Å². The van der Waals surface area contributed by atoms with Crippen molar-refractivity contribution in [2.75, 3.05) is 7.11 Å². The Bertz CT molecular complexity index is 829. The van der Waals surface area contributed by atoms with E-state index < -0.39 is 10.9 Å². The molecule has 2 rings (SSSR count). The third kappa shape index (κ3) is 3.64. The quantitative estimate of drug-likeness (QED) is 0.339. The monoisotopic (exact) mass is 376 g/mol. The molecule has 0 radical (unpaired) electrons. The number of ether oxygens (including phenoxy) is 2. The van der Waals surface area contributed by atoms with E-state index in [2.05, 4.69) is 25.5 Å². The smallest absolute Gasteiger partial charge is 0.341 e. The number of halogens is 1. The number of hydrogen-bond donors (Lipinski definition) is 0. The lowest BCUT2D eigenvalue weighted by Gasteiger charge is -2.10. The lowest BCUT2D eigenvalue weighted by molar-refractivity contribution is -0.385. The van der Waals surface area contributed by atoms with Crippen LogP contribution < -0.4 is 4.74 Å². The molecule has 0 saturated heterocycles. The minimum absolute atomic E-state index is 0.0742. The van der Waals surface area contributed by atoms with E-state index in [1.165, 1.54) is 31.4 Å². The summed E-state index contributed by atoms with van der Waals surface area (Å²) >= 11 is 3.23. The Kier molecular flexibility index (Phi) is 4.93. The Balaban J connectivity index is 2.50. The second-order valence-corrected chi connectivity index (χ2v) is 5.17. The fraction of sp³-hybridized carbons (Fsp3) is 0.0667. The topological polar surface area (TPSA) is 83.0 Å². The Morgan fingerprint density at radius 1 is 1.26 bits per heavy atom. The highest BCUT2D eigenvalue weighted by molar-refractivity contribution is 9.10. The normalized spacial score (nSPS) is 9.78. The van der Waals surface area contributed by atoms with Gasteiger partial charge in [-0.1, -0.05) is 22.0 Å². The zero-order valence-electron chi connectivity index (χ0n) is 11.8. The number of benzene rings is 2. The zero-order valence-corrected chi connectivity index (χ0v) is 13.4. The van der Waals surface area contributed by atoms with Gasteiger partial charge in [-0.3, -0.25) is 10.1 Å². The molecule has 2 aromatic carbocycles. The van der Waals surface area contributed by atoms with Crippen LogP contribution in [0.3, 0.4) is 0 Å². The van der Waals surface area contributed by atoms with Crippen LogP contribution in [0.5, 0.6) is 11.5 Å². The molecule has 0 unspecified atom stereocenters. The van der Waals surface area contributed by atoms with Gasteiger partial charge in [0.2, 0.25) is 5.75 Å². The van der Waals surface area contributed by atoms with E-state index in [4.69, 9.17) is 11.3 Å². The molecule has 8 heteroatoms. The highest BCUT2D eigenvalue weighted by atomic mass is 79.9. The number of rotatable bonds is 4. The van der Waals surface area contributed by atoms with E-state index in [0.29, 0.717) is 4.47 Å². The van der Waals surface area contributed by atoms with E-state index in [9.17, 15) is 14.9 Å². The highest BCUT2D eigenvalue weighted by Crippen LogP contribution is 2.36. The molecule has 0 fully saturated rings. The maximum atomic E-state index is 11.8. The molecule has 116 valence electrons. The summed E-state index contributed by atoms with van der Waals surface area (Å²) in [5, 5.41) is 11.1. The number of hydrogen-bond acceptors (Lipinski definition) is 5. The SMILES string of the molecule is [C-]#[N+]c1ccc(Oc2ccc(Br)cc2C(=O)OC)c([N+](=O)[O-])c1. The van der Waals surface area contributed by atoms with Crippen LogP contribution in [0, 0.1) is 16.7 Å². The zero-order chi connectivity index (χ0) is 17.0. The molecule has 0 atom stereocenters. The summed E-state index contributed by atoms with van der Waals surface area (Å²) in [6, 6.07) is 8.42. The molecule has 0 heterocycles. The van der Waals surface area contributed by atoms with Crippen LogP contribution in [0.15, 0.2) is 40.9 Å². The van der Waals surface area contributed by atoms with Gasteiger partial charge in [-0.15, -0.1) is 0 Å². The summed E-state index contributed by atoms with van der Waals surface area (Å²) in [6.07, 6.45) is 0. The molecule has 0 N–H and O–H groups in total. The van der Waals surface area contributed by atoms with Gasteiger partial charge in [0.05, 0.1) is 18.6 Å². The third-order valence-corrected chi connectivity index (χ3v) is 3.33. The average molecular weight is 377 g/mol. The van der Waals surface area contributed by atoms with Crippen LogP contribution in [0.1, 0.15) is 10.4 Å². The molecule has 0 aromatic heterocycles. The first-order valence-electron chi connectivity index (χ1n) is 6.18. The summed E-state index contributed by atoms with van der Waals surface area (Å²) < 4.78 is 10.8. The number of nitro groups is 1. The standard InChI is InChI=1S/C15H9BrN2O5/c1-17-10-4-6-14(12(8-10)18(20)21)23-13-5-3-9(16)7-11(13)15(19)22-2/h3-8H,2H3. The second-order valence-electron chi connectivity index (χ2n) is 4.26. The van der Waals surface area contributed by atoms with Crippen molar-refractivity contribution in [3.05, 3.63) is 68.0 Å². The van der Waals surface area contributed by atoms with Gasteiger partial charge in [-0.2, -0.15) is 0 Å². The van der Waals surface area contributed by atoms with Crippen LogP contribution in [0.4, 0.5) is 11.4 Å². The molecule has 0 saturated carbocycles. The van der Waals surface area contributed by atoms with Gasteiger partial charge in [0.15, 0.2) is 5.69 Å². The lowest BCUT2D eigenvalue weighted by atomic mass is 10.2. The highest BCUT2D eigenvalue weighted by Gasteiger charge is 2.20. The van der Waals surface area contributed by atoms with Crippen molar-refractivity contribution in [2.45, 2.75) is 0 Å². The predicted molar refractivity (Wildman–Crippen MR) is 84.9 cm³/mol. The Hall–Kier alpha value is -2.92. The molecule has 0 bridgehead atoms. The Morgan fingerprint density at radius 3 is 2.57 bits per heavy atom. The van der Waals surface area contributed by atoms with Crippen molar-refractivity contribution in [2.24, 2.45) is 0 Å². The van der Waals surface area contributed by atoms with Gasteiger partial charge in [0.25, 0.3) is 0 Å². The summed E-state index contributed by atoms with van der Waals surface area (Å²) in [5.74, 6) is -0.602. The average Bonchev–Trinajstić information content (AvgIpc) is 2.55. The summed E-state index contributed by atoms with van der Waals surface area (Å²) in [6.45, 7) is 6.91. The first-order valence-corrected chi connectivity index (χ1v) is 6.97. The summed E-state index contributed by atoms with van der Waals surface area (Å²) in [5.41, 5.74) is -0.129. The molecular weight excluding hydrogens is 368 g/mol. The van der Waals surface area contributed by atoms with Gasteiger partial charge in [0.1, 0.15) is 11.3 Å². The van der Waals surface area contributed by atoms with Crippen molar-refractivity contribution in [1.82, 2.24) is 0 Å². The molecule has 0 spiro atoms. The molecule has 23 heavy (non-hydrogen) atoms. The predicted octanol–water partition coefficient (Wildman–Crippen LogP) is 4.49. The first-order chi connectivity index (χ1) is 11.0. The maximum Gasteiger partial charge on any atom is 0.341 e. The van der Waals surface area contributed by atoms with Gasteiger partial charge < -0.3 is 9.47 Å². The minimum atomic E-state index is -0.652. The van der Waals surface area contributed by atoms with E-state index in [-0.39, 0.29) is 28.4 Å². The van der Waals surface area contributed by atoms with Crippen LogP contribution in [-0.2, 0) is 4.74 Å². The first kappa shape index (κ1) is 16.5. The second kappa shape index (κ2) is 6.89. The number of nitro benzene ring substituents is 1. The number of carbonyl (C=O) groups excluding carboxylic acids is 1. The molecule has 0 aliphatic carbocycles.